The van der Waals surface area contributed by atoms with Gasteiger partial charge >= 0.3 is 0 Å². The summed E-state index contributed by atoms with van der Waals surface area (Å²) < 4.78 is 33.6. The van der Waals surface area contributed by atoms with Crippen LogP contribution in [0.15, 0.2) is 58.6 Å². The minimum absolute atomic E-state index is 0.00718. The fourth-order valence-electron chi connectivity index (χ4n) is 4.48. The lowest BCUT2D eigenvalue weighted by atomic mass is 10.0. The molecule has 210 valence electrons. The lowest BCUT2D eigenvalue weighted by Gasteiger charge is -2.32. The molecule has 2 aliphatic heterocycles. The summed E-state index contributed by atoms with van der Waals surface area (Å²) in [5.74, 6) is -0.697. The molecule has 1 amide bonds. The zero-order chi connectivity index (χ0) is 27.8. The second-order valence-electron chi connectivity index (χ2n) is 9.73. The van der Waals surface area contributed by atoms with E-state index in [-0.39, 0.29) is 41.5 Å². The fraction of sp³-hybridized carbons (Fsp3) is 0.444. The molecule has 0 bridgehead atoms. The van der Waals surface area contributed by atoms with Crippen LogP contribution in [0.2, 0.25) is 0 Å². The molecule has 5 N–H and O–H groups in total. The van der Waals surface area contributed by atoms with Crippen molar-refractivity contribution in [3.8, 4) is 5.75 Å². The molecule has 0 radical (unpaired) electrons. The molecule has 0 saturated carbocycles. The van der Waals surface area contributed by atoms with Crippen LogP contribution in [0.5, 0.6) is 5.75 Å². The molecule has 2 heterocycles. The van der Waals surface area contributed by atoms with Crippen molar-refractivity contribution >= 4 is 35.1 Å². The van der Waals surface area contributed by atoms with Crippen LogP contribution in [-0.4, -0.2) is 70.5 Å². The van der Waals surface area contributed by atoms with Crippen molar-refractivity contribution in [3.05, 3.63) is 59.4 Å². The van der Waals surface area contributed by atoms with E-state index >= 15 is 0 Å². The lowest BCUT2D eigenvalue weighted by molar-refractivity contribution is -0.119. The largest absolute Gasteiger partial charge is 0.458 e. The number of amides is 1. The van der Waals surface area contributed by atoms with Crippen LogP contribution in [0, 0.1) is 5.82 Å². The Morgan fingerprint density at radius 1 is 1.21 bits per heavy atom. The number of aliphatic imine (C=N–C) groups is 1. The van der Waals surface area contributed by atoms with E-state index in [4.69, 9.17) is 17.0 Å². The third kappa shape index (κ3) is 9.29. The third-order valence-corrected chi connectivity index (χ3v) is 6.75. The van der Waals surface area contributed by atoms with E-state index in [1.165, 1.54) is 18.2 Å². The summed E-state index contributed by atoms with van der Waals surface area (Å²) in [6.07, 6.45) is 7.18. The van der Waals surface area contributed by atoms with E-state index in [0.717, 1.165) is 18.7 Å². The molecule has 1 fully saturated rings. The van der Waals surface area contributed by atoms with Gasteiger partial charge in [-0.2, -0.15) is 0 Å². The maximum atomic E-state index is 14.8. The number of nitrogens with one attached hydrogen (secondary N) is 3. The number of dihydropyridines is 1. The highest BCUT2D eigenvalue weighted by Gasteiger charge is 2.22. The summed E-state index contributed by atoms with van der Waals surface area (Å²) in [5, 5.41) is 28.4. The molecule has 0 spiro atoms. The van der Waals surface area contributed by atoms with Crippen molar-refractivity contribution in [1.29, 1.82) is 0 Å². The highest BCUT2D eigenvalue weighted by atomic mass is 32.1. The Labute approximate surface area is 231 Å². The average Bonchev–Trinajstić information content (AvgIpc) is 2.88. The summed E-state index contributed by atoms with van der Waals surface area (Å²) >= 11 is 5.16. The second kappa shape index (κ2) is 13.9. The molecule has 4 rings (SSSR count). The van der Waals surface area contributed by atoms with Gasteiger partial charge in [0.15, 0.2) is 16.7 Å². The number of hydrogen-bond donors (Lipinski definition) is 5. The van der Waals surface area contributed by atoms with Crippen molar-refractivity contribution in [3.63, 3.8) is 0 Å². The molecule has 0 aromatic heterocycles. The van der Waals surface area contributed by atoms with Gasteiger partial charge in [0.25, 0.3) is 0 Å². The minimum atomic E-state index is -0.813. The number of rotatable bonds is 9. The SMILES string of the molecule is O=C(CC1=CC=C(F)CC1)NC(=S)Nc1ccc(OC2=CC=NC(NC(O)CN3CCC(O)CC3)C2)c(F)c1. The number of aliphatic hydroxyl groups excluding tert-OH is 2. The number of piperidine rings is 1. The van der Waals surface area contributed by atoms with Gasteiger partial charge < -0.3 is 25.6 Å². The van der Waals surface area contributed by atoms with Crippen molar-refractivity contribution < 1.29 is 28.5 Å². The first-order valence-electron chi connectivity index (χ1n) is 12.9. The number of likely N-dealkylation sites (tertiary alicyclic amines) is 1. The van der Waals surface area contributed by atoms with Gasteiger partial charge in [0, 0.05) is 56.9 Å². The van der Waals surface area contributed by atoms with Gasteiger partial charge in [-0.25, -0.2) is 8.78 Å². The van der Waals surface area contributed by atoms with Crippen LogP contribution < -0.4 is 20.7 Å². The summed E-state index contributed by atoms with van der Waals surface area (Å²) in [4.78, 5) is 18.6. The number of carbonyl (C=O) groups is 1. The minimum Gasteiger partial charge on any atom is -0.458 e. The number of ether oxygens (including phenoxy) is 1. The van der Waals surface area contributed by atoms with Crippen molar-refractivity contribution in [2.75, 3.05) is 25.0 Å². The Bertz CT molecular complexity index is 1180. The first-order valence-corrected chi connectivity index (χ1v) is 13.3. The zero-order valence-electron chi connectivity index (χ0n) is 21.4. The predicted molar refractivity (Wildman–Crippen MR) is 148 cm³/mol. The standard InChI is InChI=1S/C27H33F2N5O4S/c28-18-3-1-17(2-4-18)13-25(36)33-27(39)31-19-5-6-23(22(29)14-19)38-21-7-10-30-24(15-21)32-26(37)16-34-11-8-20(35)9-12-34/h1,3,5-7,10,14,20,24,26,32,35,37H,2,4,8-9,11-13,15-16H2,(H2,31,33,36,39). The summed E-state index contributed by atoms with van der Waals surface area (Å²) in [7, 11) is 0. The quantitative estimate of drug-likeness (QED) is 0.231. The maximum absolute atomic E-state index is 14.8. The number of benzene rings is 1. The van der Waals surface area contributed by atoms with E-state index in [1.54, 1.807) is 24.4 Å². The van der Waals surface area contributed by atoms with E-state index in [1.807, 2.05) is 0 Å². The third-order valence-electron chi connectivity index (χ3n) is 6.55. The molecule has 2 atom stereocenters. The average molecular weight is 562 g/mol. The van der Waals surface area contributed by atoms with Gasteiger partial charge in [-0.05, 0) is 55.8 Å². The highest BCUT2D eigenvalue weighted by Crippen LogP contribution is 2.25. The van der Waals surface area contributed by atoms with Crippen LogP contribution in [-0.2, 0) is 4.79 Å². The molecular formula is C27H33F2N5O4S. The second-order valence-corrected chi connectivity index (χ2v) is 10.1. The van der Waals surface area contributed by atoms with Crippen molar-refractivity contribution in [1.82, 2.24) is 15.5 Å². The number of anilines is 1. The van der Waals surface area contributed by atoms with Crippen LogP contribution in [0.3, 0.4) is 0 Å². The number of allylic oxidation sites excluding steroid dienone is 4. The maximum Gasteiger partial charge on any atom is 0.230 e. The number of thiocarbonyl (C=S) groups is 1. The number of halogens is 2. The molecule has 1 aromatic rings. The molecule has 2 unspecified atom stereocenters. The first-order chi connectivity index (χ1) is 18.7. The van der Waals surface area contributed by atoms with Crippen LogP contribution in [0.4, 0.5) is 14.5 Å². The Hall–Kier alpha value is -3.03. The molecule has 1 saturated heterocycles. The van der Waals surface area contributed by atoms with Crippen LogP contribution >= 0.6 is 12.2 Å². The molecular weight excluding hydrogens is 528 g/mol. The van der Waals surface area contributed by atoms with Gasteiger partial charge in [0.1, 0.15) is 24.0 Å². The number of nitrogens with zero attached hydrogens (tertiary/aromatic N) is 2. The topological polar surface area (TPSA) is 118 Å². The number of carbonyl (C=O) groups excluding carboxylic acids is 1. The molecule has 1 aliphatic carbocycles. The molecule has 9 nitrogen and oxygen atoms in total. The van der Waals surface area contributed by atoms with E-state index in [2.05, 4.69) is 25.8 Å². The summed E-state index contributed by atoms with van der Waals surface area (Å²) in [5.41, 5.74) is 1.14. The molecule has 3 aliphatic rings. The van der Waals surface area contributed by atoms with E-state index in [9.17, 15) is 23.8 Å². The molecule has 39 heavy (non-hydrogen) atoms. The van der Waals surface area contributed by atoms with Gasteiger partial charge in [-0.1, -0.05) is 11.6 Å². The zero-order valence-corrected chi connectivity index (χ0v) is 22.2. The van der Waals surface area contributed by atoms with Crippen LogP contribution in [0.1, 0.15) is 38.5 Å². The Morgan fingerprint density at radius 2 is 2.00 bits per heavy atom. The Kier molecular flexibility index (Phi) is 10.3. The van der Waals surface area contributed by atoms with Crippen molar-refractivity contribution in [2.24, 2.45) is 4.99 Å². The van der Waals surface area contributed by atoms with Gasteiger partial charge in [0.05, 0.1) is 6.10 Å². The Balaban J connectivity index is 1.22. The fourth-order valence-corrected chi connectivity index (χ4v) is 4.72. The van der Waals surface area contributed by atoms with E-state index < -0.39 is 18.2 Å². The van der Waals surface area contributed by atoms with Gasteiger partial charge in [-0.15, -0.1) is 0 Å². The Morgan fingerprint density at radius 3 is 2.72 bits per heavy atom. The summed E-state index contributed by atoms with van der Waals surface area (Å²) in [6.45, 7) is 1.86. The first kappa shape index (κ1) is 29.0. The lowest BCUT2D eigenvalue weighted by Crippen LogP contribution is -2.48. The van der Waals surface area contributed by atoms with Gasteiger partial charge in [-0.3, -0.25) is 20.0 Å². The monoisotopic (exact) mass is 561 g/mol. The van der Waals surface area contributed by atoms with E-state index in [0.29, 0.717) is 43.7 Å². The normalized spacial score (nSPS) is 20.9. The highest BCUT2D eigenvalue weighted by molar-refractivity contribution is 7.80. The van der Waals surface area contributed by atoms with Crippen LogP contribution in [0.25, 0.3) is 0 Å². The number of hydrogen-bond acceptors (Lipinski definition) is 8. The summed E-state index contributed by atoms with van der Waals surface area (Å²) in [6, 6.07) is 4.22. The smallest absolute Gasteiger partial charge is 0.230 e. The molecule has 12 heteroatoms. The predicted octanol–water partition coefficient (Wildman–Crippen LogP) is 3.03. The number of aliphatic hydroxyl groups is 2. The van der Waals surface area contributed by atoms with Gasteiger partial charge in [0.2, 0.25) is 5.91 Å². The van der Waals surface area contributed by atoms with Crippen molar-refractivity contribution in [2.45, 2.75) is 57.0 Å². The molecule has 1 aromatic carbocycles. The number of β-amino-alcohol motifs (C(OH)–C–C–N with tert-alkyl or cyclic N) is 1.